The summed E-state index contributed by atoms with van der Waals surface area (Å²) in [5.74, 6) is 0.765. The maximum Gasteiger partial charge on any atom is 0.240 e. The molecule has 4 aromatic rings. The van der Waals surface area contributed by atoms with Crippen molar-refractivity contribution in [3.8, 4) is 5.75 Å². The third-order valence-electron chi connectivity index (χ3n) is 5.73. The Balaban J connectivity index is 1.40. The lowest BCUT2D eigenvalue weighted by Gasteiger charge is -2.33. The molecule has 0 aliphatic carbocycles. The first-order valence-electron chi connectivity index (χ1n) is 11.3. The Hall–Kier alpha value is -3.85. The molecule has 0 spiro atoms. The summed E-state index contributed by atoms with van der Waals surface area (Å²) in [7, 11) is 0. The number of fused-ring (bicyclic) bond motifs is 1. The number of carbonyl (C=O) groups excluding carboxylic acids is 1. The molecule has 3 aromatic carbocycles. The summed E-state index contributed by atoms with van der Waals surface area (Å²) in [4.78, 5) is 13.4. The van der Waals surface area contributed by atoms with Crippen LogP contribution in [-0.4, -0.2) is 26.0 Å². The van der Waals surface area contributed by atoms with Gasteiger partial charge in [0, 0.05) is 5.69 Å². The molecule has 1 aliphatic rings. The van der Waals surface area contributed by atoms with E-state index in [-0.39, 0.29) is 18.3 Å². The number of hydrogen-bond acceptors (Lipinski definition) is 6. The molecule has 9 heteroatoms. The number of ether oxygens (including phenoxy) is 1. The van der Waals surface area contributed by atoms with Crippen LogP contribution in [0.1, 0.15) is 29.9 Å². The number of halogens is 1. The summed E-state index contributed by atoms with van der Waals surface area (Å²) in [6.07, 6.45) is 0.926. The van der Waals surface area contributed by atoms with Crippen LogP contribution in [0.25, 0.3) is 0 Å². The average Bonchev–Trinajstić information content (AvgIpc) is 3.30. The highest BCUT2D eigenvalue weighted by molar-refractivity contribution is 8.00. The van der Waals surface area contributed by atoms with Crippen LogP contribution in [-0.2, 0) is 17.8 Å². The largest absolute Gasteiger partial charge is 0.486 e. The van der Waals surface area contributed by atoms with Crippen molar-refractivity contribution in [1.29, 1.82) is 0 Å². The van der Waals surface area contributed by atoms with Gasteiger partial charge in [-0.15, -0.1) is 10.2 Å². The van der Waals surface area contributed by atoms with Gasteiger partial charge in [-0.2, -0.15) is 0 Å². The van der Waals surface area contributed by atoms with Crippen LogP contribution in [0.15, 0.2) is 84.0 Å². The Labute approximate surface area is 206 Å². The van der Waals surface area contributed by atoms with Crippen LogP contribution in [0.3, 0.4) is 0 Å². The number of anilines is 1. The molecule has 0 saturated carbocycles. The quantitative estimate of drug-likeness (QED) is 0.382. The van der Waals surface area contributed by atoms with E-state index in [2.05, 4.69) is 27.9 Å². The Morgan fingerprint density at radius 1 is 1.06 bits per heavy atom. The molecule has 2 N–H and O–H groups in total. The van der Waals surface area contributed by atoms with Gasteiger partial charge in [0.15, 0.2) is 5.82 Å². The van der Waals surface area contributed by atoms with Crippen LogP contribution in [0, 0.1) is 5.82 Å². The smallest absolute Gasteiger partial charge is 0.240 e. The van der Waals surface area contributed by atoms with E-state index in [0.29, 0.717) is 11.0 Å². The third kappa shape index (κ3) is 5.14. The van der Waals surface area contributed by atoms with Crippen LogP contribution >= 0.6 is 11.8 Å². The highest BCUT2D eigenvalue weighted by atomic mass is 32.2. The minimum absolute atomic E-state index is 0.183. The van der Waals surface area contributed by atoms with Gasteiger partial charge in [-0.05, 0) is 53.9 Å². The standard InChI is InChI=1S/C26H24FN5O2S/c1-2-17-8-14-20(15-9-17)28-25(33)24-23(18-10-12-19(27)13-11-18)31-32-22(29-30-26(32)35-24)16-34-21-6-4-3-5-7-21/h3-15,23-24,31H,2,16H2,1H3,(H,28,33)/t23-,24-/m0/s1. The number of carbonyl (C=O) groups is 1. The SMILES string of the molecule is CCc1ccc(NC(=O)[C@H]2Sc3nnc(COc4ccccc4)n3N[C@H]2c2ccc(F)cc2)cc1. The minimum atomic E-state index is -0.564. The van der Waals surface area contributed by atoms with Gasteiger partial charge < -0.3 is 15.5 Å². The Kier molecular flexibility index (Phi) is 6.67. The fourth-order valence-electron chi connectivity index (χ4n) is 3.81. The number of amides is 1. The zero-order chi connectivity index (χ0) is 24.2. The molecule has 178 valence electrons. The molecular weight excluding hydrogens is 465 g/mol. The lowest BCUT2D eigenvalue weighted by molar-refractivity contribution is -0.116. The molecule has 0 bridgehead atoms. The Morgan fingerprint density at radius 2 is 1.80 bits per heavy atom. The summed E-state index contributed by atoms with van der Waals surface area (Å²) in [6, 6.07) is 22.9. The van der Waals surface area contributed by atoms with Gasteiger partial charge in [-0.25, -0.2) is 9.07 Å². The Bertz CT molecular complexity index is 1300. The number of aryl methyl sites for hydroxylation is 1. The molecule has 0 saturated heterocycles. The summed E-state index contributed by atoms with van der Waals surface area (Å²) in [6.45, 7) is 2.28. The molecule has 7 nitrogen and oxygen atoms in total. The molecule has 1 aliphatic heterocycles. The fourth-order valence-corrected chi connectivity index (χ4v) is 4.91. The summed E-state index contributed by atoms with van der Waals surface area (Å²) in [5.41, 5.74) is 6.04. The van der Waals surface area contributed by atoms with Gasteiger partial charge in [0.2, 0.25) is 11.1 Å². The zero-order valence-electron chi connectivity index (χ0n) is 19.0. The highest BCUT2D eigenvalue weighted by Crippen LogP contribution is 2.37. The van der Waals surface area contributed by atoms with Crippen molar-refractivity contribution < 1.29 is 13.9 Å². The van der Waals surface area contributed by atoms with E-state index >= 15 is 0 Å². The molecule has 2 atom stereocenters. The number of hydrogen-bond donors (Lipinski definition) is 2. The van der Waals surface area contributed by atoms with Crippen LogP contribution in [0.4, 0.5) is 10.1 Å². The van der Waals surface area contributed by atoms with E-state index in [1.165, 1.54) is 29.5 Å². The fraction of sp³-hybridized carbons (Fsp3) is 0.192. The van der Waals surface area contributed by atoms with Gasteiger partial charge in [0.05, 0.1) is 6.04 Å². The van der Waals surface area contributed by atoms with Crippen molar-refractivity contribution in [2.75, 3.05) is 10.7 Å². The van der Waals surface area contributed by atoms with Gasteiger partial charge in [0.1, 0.15) is 23.4 Å². The predicted octanol–water partition coefficient (Wildman–Crippen LogP) is 4.96. The molecule has 1 aromatic heterocycles. The van der Waals surface area contributed by atoms with Crippen molar-refractivity contribution in [1.82, 2.24) is 14.9 Å². The number of para-hydroxylation sites is 1. The van der Waals surface area contributed by atoms with Gasteiger partial charge in [-0.1, -0.05) is 61.2 Å². The van der Waals surface area contributed by atoms with Gasteiger partial charge in [-0.3, -0.25) is 4.79 Å². The molecule has 0 unspecified atom stereocenters. The van der Waals surface area contributed by atoms with Crippen molar-refractivity contribution in [3.05, 3.63) is 102 Å². The van der Waals surface area contributed by atoms with E-state index < -0.39 is 11.3 Å². The number of nitrogens with one attached hydrogen (secondary N) is 2. The molecular formula is C26H24FN5O2S. The third-order valence-corrected chi connectivity index (χ3v) is 6.95. The first-order valence-corrected chi connectivity index (χ1v) is 12.2. The summed E-state index contributed by atoms with van der Waals surface area (Å²) >= 11 is 1.31. The molecule has 2 heterocycles. The number of benzene rings is 3. The van der Waals surface area contributed by atoms with E-state index in [0.717, 1.165) is 23.4 Å². The molecule has 0 radical (unpaired) electrons. The second-order valence-electron chi connectivity index (χ2n) is 8.07. The van der Waals surface area contributed by atoms with Gasteiger partial charge >= 0.3 is 0 Å². The number of aromatic nitrogens is 3. The monoisotopic (exact) mass is 489 g/mol. The first kappa shape index (κ1) is 22.9. The highest BCUT2D eigenvalue weighted by Gasteiger charge is 2.38. The summed E-state index contributed by atoms with van der Waals surface area (Å²) in [5, 5.41) is 11.5. The normalized spacial score (nSPS) is 16.7. The molecule has 1 amide bonds. The van der Waals surface area contributed by atoms with Gasteiger partial charge in [0.25, 0.3) is 0 Å². The second-order valence-corrected chi connectivity index (χ2v) is 9.18. The van der Waals surface area contributed by atoms with Crippen LogP contribution in [0.2, 0.25) is 0 Å². The van der Waals surface area contributed by atoms with Crippen molar-refractivity contribution >= 4 is 23.4 Å². The maximum atomic E-state index is 13.6. The molecule has 5 rings (SSSR count). The van der Waals surface area contributed by atoms with E-state index in [1.807, 2.05) is 54.6 Å². The lowest BCUT2D eigenvalue weighted by Crippen LogP contribution is -2.41. The number of thioether (sulfide) groups is 1. The first-order chi connectivity index (χ1) is 17.1. The van der Waals surface area contributed by atoms with Crippen LogP contribution < -0.4 is 15.5 Å². The Morgan fingerprint density at radius 3 is 2.51 bits per heavy atom. The average molecular weight is 490 g/mol. The van der Waals surface area contributed by atoms with Crippen molar-refractivity contribution in [2.24, 2.45) is 0 Å². The van der Waals surface area contributed by atoms with E-state index in [9.17, 15) is 9.18 Å². The maximum absolute atomic E-state index is 13.6. The number of nitrogens with zero attached hydrogens (tertiary/aromatic N) is 3. The predicted molar refractivity (Wildman–Crippen MR) is 133 cm³/mol. The number of rotatable bonds is 7. The molecule has 35 heavy (non-hydrogen) atoms. The molecule has 0 fully saturated rings. The zero-order valence-corrected chi connectivity index (χ0v) is 19.8. The lowest BCUT2D eigenvalue weighted by atomic mass is 10.0. The van der Waals surface area contributed by atoms with E-state index in [4.69, 9.17) is 4.74 Å². The van der Waals surface area contributed by atoms with Crippen LogP contribution in [0.5, 0.6) is 5.75 Å². The van der Waals surface area contributed by atoms with Crippen molar-refractivity contribution in [2.45, 2.75) is 36.4 Å². The summed E-state index contributed by atoms with van der Waals surface area (Å²) < 4.78 is 21.2. The topological polar surface area (TPSA) is 81.1 Å². The van der Waals surface area contributed by atoms with E-state index in [1.54, 1.807) is 16.8 Å². The minimum Gasteiger partial charge on any atom is -0.486 e. The second kappa shape index (κ2) is 10.2. The van der Waals surface area contributed by atoms with Crippen molar-refractivity contribution in [3.63, 3.8) is 0 Å².